The summed E-state index contributed by atoms with van der Waals surface area (Å²) in [5.41, 5.74) is 0.752. The maximum atomic E-state index is 3.64. The van der Waals surface area contributed by atoms with Crippen LogP contribution in [0.2, 0.25) is 5.54 Å². The van der Waals surface area contributed by atoms with E-state index in [1.807, 2.05) is 6.08 Å². The molecule has 0 aromatic rings. The summed E-state index contributed by atoms with van der Waals surface area (Å²) >= 11 is 0. The van der Waals surface area contributed by atoms with Crippen molar-refractivity contribution in [3.8, 4) is 0 Å². The average molecular weight is 95.2 g/mol. The molecule has 0 heterocycles. The van der Waals surface area contributed by atoms with Crippen LogP contribution in [0.25, 0.3) is 0 Å². The van der Waals surface area contributed by atoms with Gasteiger partial charge in [-0.1, -0.05) is 6.08 Å². The van der Waals surface area contributed by atoms with E-state index >= 15 is 0 Å². The van der Waals surface area contributed by atoms with Gasteiger partial charge in [-0.3, -0.25) is 0 Å². The molecule has 31 valence electrons. The quantitative estimate of drug-likeness (QED) is 0.338. The van der Waals surface area contributed by atoms with E-state index < -0.39 is 0 Å². The van der Waals surface area contributed by atoms with Crippen LogP contribution in [0.15, 0.2) is 12.7 Å². The molecule has 6 heavy (non-hydrogen) atoms. The lowest BCUT2D eigenvalue weighted by atomic mass is 10.4. The van der Waals surface area contributed by atoms with Crippen molar-refractivity contribution >= 4 is 10.2 Å². The van der Waals surface area contributed by atoms with Crippen LogP contribution in [0.5, 0.6) is 0 Å². The monoisotopic (exact) mass is 95.0 g/mol. The maximum absolute atomic E-state index is 3.64. The number of rotatable bonds is 1. The first-order valence-electron chi connectivity index (χ1n) is 2.18. The number of hydrogen-bond acceptors (Lipinski definition) is 0. The van der Waals surface area contributed by atoms with Gasteiger partial charge in [-0.2, -0.15) is 0 Å². The predicted octanol–water partition coefficient (Wildman–Crippen LogP) is 1.15. The average Bonchev–Trinajstić information content (AvgIpc) is 2.19. The molecule has 0 spiro atoms. The Labute approximate surface area is 41.7 Å². The van der Waals surface area contributed by atoms with E-state index in [-0.39, 0.29) is 0 Å². The van der Waals surface area contributed by atoms with Crippen LogP contribution in [-0.2, 0) is 0 Å². The summed E-state index contributed by atoms with van der Waals surface area (Å²) in [6.07, 6.45) is 3.29. The third-order valence-electron chi connectivity index (χ3n) is 1.14. The molecule has 3 radical (unpaired) electrons. The fourth-order valence-electron chi connectivity index (χ4n) is 0.475. The van der Waals surface area contributed by atoms with Crippen molar-refractivity contribution in [2.45, 2.75) is 12.0 Å². The normalized spacial score (nSPS) is 42.2. The molecule has 1 aliphatic rings. The Kier molecular flexibility index (Phi) is 0.843. The van der Waals surface area contributed by atoms with E-state index in [9.17, 15) is 0 Å². The Morgan fingerprint density at radius 3 is 2.33 bits per heavy atom. The highest BCUT2D eigenvalue weighted by atomic mass is 28.1. The molecule has 0 aromatic heterocycles. The lowest BCUT2D eigenvalue weighted by Gasteiger charge is -1.71. The Hall–Kier alpha value is -0.0431. The molecule has 1 fully saturated rings. The van der Waals surface area contributed by atoms with Gasteiger partial charge in [0.05, 0.1) is 0 Å². The van der Waals surface area contributed by atoms with E-state index in [1.54, 1.807) is 0 Å². The van der Waals surface area contributed by atoms with E-state index in [4.69, 9.17) is 0 Å². The highest BCUT2D eigenvalue weighted by Gasteiger charge is 2.28. The van der Waals surface area contributed by atoms with Gasteiger partial charge in [0.1, 0.15) is 0 Å². The molecule has 0 bridgehead atoms. The Balaban J connectivity index is 2.25. The first-order chi connectivity index (χ1) is 2.84. The molecule has 1 heteroatoms. The molecular formula is C5H7Si. The lowest BCUT2D eigenvalue weighted by Crippen LogP contribution is -1.63. The van der Waals surface area contributed by atoms with E-state index in [2.05, 4.69) is 16.8 Å². The third-order valence-corrected chi connectivity index (χ3v) is 1.81. The zero-order chi connectivity index (χ0) is 4.57. The fraction of sp³-hybridized carbons (Fsp3) is 0.600. The van der Waals surface area contributed by atoms with Crippen LogP contribution >= 0.6 is 0 Å². The molecule has 0 aliphatic heterocycles. The van der Waals surface area contributed by atoms with Crippen molar-refractivity contribution in [3.63, 3.8) is 0 Å². The first-order valence-corrected chi connectivity index (χ1v) is 2.76. The van der Waals surface area contributed by atoms with Crippen LogP contribution in [0.1, 0.15) is 6.42 Å². The third kappa shape index (κ3) is 0.546. The molecule has 1 aliphatic carbocycles. The zero-order valence-corrected chi connectivity index (χ0v) is 4.65. The summed E-state index contributed by atoms with van der Waals surface area (Å²) in [5, 5.41) is 0. The van der Waals surface area contributed by atoms with E-state index in [1.165, 1.54) is 6.42 Å². The SMILES string of the molecule is C=CC1CC1[Si]. The van der Waals surface area contributed by atoms with Crippen LogP contribution in [0.3, 0.4) is 0 Å². The highest BCUT2D eigenvalue weighted by molar-refractivity contribution is 6.14. The molecule has 1 saturated carbocycles. The Morgan fingerprint density at radius 2 is 2.33 bits per heavy atom. The number of hydrogen-bond donors (Lipinski definition) is 0. The smallest absolute Gasteiger partial charge is 0.0274 e. The van der Waals surface area contributed by atoms with Crippen molar-refractivity contribution in [1.29, 1.82) is 0 Å². The minimum absolute atomic E-state index is 0.752. The van der Waals surface area contributed by atoms with Crippen molar-refractivity contribution in [1.82, 2.24) is 0 Å². The summed E-state index contributed by atoms with van der Waals surface area (Å²) < 4.78 is 0. The molecule has 2 atom stereocenters. The van der Waals surface area contributed by atoms with Gasteiger partial charge in [0.2, 0.25) is 0 Å². The minimum atomic E-state index is 0.752. The Morgan fingerprint density at radius 1 is 1.83 bits per heavy atom. The van der Waals surface area contributed by atoms with Gasteiger partial charge in [-0.15, -0.1) is 6.58 Å². The second-order valence-electron chi connectivity index (χ2n) is 1.74. The zero-order valence-electron chi connectivity index (χ0n) is 3.65. The number of allylic oxidation sites excluding steroid dienone is 1. The van der Waals surface area contributed by atoms with E-state index in [0.717, 1.165) is 11.5 Å². The predicted molar refractivity (Wildman–Crippen MR) is 27.8 cm³/mol. The molecule has 1 rings (SSSR count). The van der Waals surface area contributed by atoms with E-state index in [0.29, 0.717) is 0 Å². The summed E-state index contributed by atoms with van der Waals surface area (Å²) in [7, 11) is 3.48. The van der Waals surface area contributed by atoms with Gasteiger partial charge >= 0.3 is 0 Å². The van der Waals surface area contributed by atoms with Crippen molar-refractivity contribution in [3.05, 3.63) is 12.7 Å². The van der Waals surface area contributed by atoms with Crippen molar-refractivity contribution < 1.29 is 0 Å². The van der Waals surface area contributed by atoms with Crippen LogP contribution in [-0.4, -0.2) is 10.2 Å². The lowest BCUT2D eigenvalue weighted by molar-refractivity contribution is 1.13. The topological polar surface area (TPSA) is 0 Å². The van der Waals surface area contributed by atoms with Crippen LogP contribution < -0.4 is 0 Å². The second kappa shape index (κ2) is 1.23. The standard InChI is InChI=1S/C5H7Si/c1-2-4-3-5(4)6/h2,4-5H,1,3H2. The second-order valence-corrected chi connectivity index (χ2v) is 2.48. The van der Waals surface area contributed by atoms with Gasteiger partial charge < -0.3 is 0 Å². The van der Waals surface area contributed by atoms with Crippen LogP contribution in [0, 0.1) is 5.92 Å². The Bertz CT molecular complexity index is 68.3. The molecule has 2 unspecified atom stereocenters. The summed E-state index contributed by atoms with van der Waals surface area (Å²) in [5.74, 6) is 0.779. The molecule has 0 aromatic carbocycles. The summed E-state index contributed by atoms with van der Waals surface area (Å²) in [6.45, 7) is 3.64. The summed E-state index contributed by atoms with van der Waals surface area (Å²) in [4.78, 5) is 0. The van der Waals surface area contributed by atoms with Gasteiger partial charge in [0, 0.05) is 10.2 Å². The maximum Gasteiger partial charge on any atom is 0.0274 e. The van der Waals surface area contributed by atoms with Crippen molar-refractivity contribution in [2.75, 3.05) is 0 Å². The molecule has 0 nitrogen and oxygen atoms in total. The van der Waals surface area contributed by atoms with Crippen LogP contribution in [0.4, 0.5) is 0 Å². The van der Waals surface area contributed by atoms with Gasteiger partial charge in [-0.05, 0) is 17.9 Å². The van der Waals surface area contributed by atoms with Crippen molar-refractivity contribution in [2.24, 2.45) is 5.92 Å². The molecular weight excluding hydrogens is 88.1 g/mol. The van der Waals surface area contributed by atoms with Gasteiger partial charge in [0.15, 0.2) is 0 Å². The highest BCUT2D eigenvalue weighted by Crippen LogP contribution is 2.42. The molecule has 0 amide bonds. The minimum Gasteiger partial charge on any atom is -0.103 e. The fourth-order valence-corrected chi connectivity index (χ4v) is 0.883. The summed E-state index contributed by atoms with van der Waals surface area (Å²) in [6, 6.07) is 0. The largest absolute Gasteiger partial charge is 0.103 e. The van der Waals surface area contributed by atoms with Gasteiger partial charge in [0.25, 0.3) is 0 Å². The molecule has 0 saturated heterocycles. The first kappa shape index (κ1) is 4.12. The molecule has 0 N–H and O–H groups in total. The van der Waals surface area contributed by atoms with Gasteiger partial charge in [-0.25, -0.2) is 0 Å².